The number of nitrogens with zero attached hydrogens (tertiary/aromatic N) is 3. The fourth-order valence-electron chi connectivity index (χ4n) is 5.40. The van der Waals surface area contributed by atoms with Crippen LogP contribution in [0.15, 0.2) is 39.7 Å². The quantitative estimate of drug-likeness (QED) is 0.788. The number of furan rings is 1. The fourth-order valence-corrected chi connectivity index (χ4v) is 5.40. The summed E-state index contributed by atoms with van der Waals surface area (Å²) in [4.78, 5) is 30.5. The van der Waals surface area contributed by atoms with E-state index in [4.69, 9.17) is 4.42 Å². The molecule has 5 heterocycles. The Bertz CT molecular complexity index is 946. The fraction of sp³-hybridized carbons (Fsp3) is 0.565. The lowest BCUT2D eigenvalue weighted by molar-refractivity contribution is 0.0940. The van der Waals surface area contributed by atoms with Gasteiger partial charge in [-0.25, -0.2) is 0 Å². The smallest absolute Gasteiger partial charge is 0.263 e. The number of nitrogens with one attached hydrogen (secondary N) is 1. The monoisotopic (exact) mass is 410 g/mol. The van der Waals surface area contributed by atoms with Gasteiger partial charge in [-0.2, -0.15) is 0 Å². The van der Waals surface area contributed by atoms with E-state index in [9.17, 15) is 9.59 Å². The van der Waals surface area contributed by atoms with Crippen molar-refractivity contribution in [3.8, 4) is 0 Å². The summed E-state index contributed by atoms with van der Waals surface area (Å²) >= 11 is 0. The molecule has 1 N–H and O–H groups in total. The number of hydrogen-bond donors (Lipinski definition) is 1. The summed E-state index contributed by atoms with van der Waals surface area (Å²) in [6, 6.07) is 7.66. The molecule has 0 spiro atoms. The minimum atomic E-state index is -0.246. The Kier molecular flexibility index (Phi) is 5.48. The average Bonchev–Trinajstić information content (AvgIpc) is 3.43. The molecule has 7 heteroatoms. The van der Waals surface area contributed by atoms with E-state index in [1.165, 1.54) is 12.8 Å². The molecular formula is C23H30N4O3. The Labute approximate surface area is 176 Å². The molecule has 0 saturated carbocycles. The lowest BCUT2D eigenvalue weighted by Gasteiger charge is -2.42. The molecule has 3 aliphatic heterocycles. The average molecular weight is 411 g/mol. The minimum absolute atomic E-state index is 0.139. The van der Waals surface area contributed by atoms with E-state index in [-0.39, 0.29) is 17.0 Å². The van der Waals surface area contributed by atoms with E-state index in [0.29, 0.717) is 24.9 Å². The van der Waals surface area contributed by atoms with Crippen LogP contribution in [0.5, 0.6) is 0 Å². The normalized spacial score (nSPS) is 24.0. The first-order valence-electron chi connectivity index (χ1n) is 11.2. The molecule has 2 aromatic rings. The van der Waals surface area contributed by atoms with Crippen molar-refractivity contribution in [2.45, 2.75) is 38.3 Å². The van der Waals surface area contributed by atoms with Gasteiger partial charge in [0.1, 0.15) is 11.3 Å². The lowest BCUT2D eigenvalue weighted by Crippen LogP contribution is -2.47. The van der Waals surface area contributed by atoms with Gasteiger partial charge in [0.2, 0.25) is 0 Å². The summed E-state index contributed by atoms with van der Waals surface area (Å²) in [7, 11) is 0. The zero-order chi connectivity index (χ0) is 20.5. The van der Waals surface area contributed by atoms with Gasteiger partial charge in [-0.15, -0.1) is 0 Å². The Morgan fingerprint density at radius 2 is 1.97 bits per heavy atom. The van der Waals surface area contributed by atoms with Gasteiger partial charge in [0.05, 0.1) is 12.8 Å². The van der Waals surface area contributed by atoms with Crippen LogP contribution in [0.4, 0.5) is 0 Å². The van der Waals surface area contributed by atoms with Crippen LogP contribution in [0, 0.1) is 5.92 Å². The molecule has 160 valence electrons. The van der Waals surface area contributed by atoms with Crippen LogP contribution in [0.3, 0.4) is 0 Å². The third kappa shape index (κ3) is 3.96. The molecule has 30 heavy (non-hydrogen) atoms. The summed E-state index contributed by atoms with van der Waals surface area (Å²) in [6.07, 6.45) is 5.30. The Morgan fingerprint density at radius 1 is 1.10 bits per heavy atom. The maximum Gasteiger partial charge on any atom is 0.263 e. The number of carbonyl (C=O) groups excluding carboxylic acids is 1. The molecule has 3 aliphatic rings. The van der Waals surface area contributed by atoms with E-state index in [1.807, 2.05) is 22.8 Å². The lowest BCUT2D eigenvalue weighted by atomic mass is 9.83. The summed E-state index contributed by atoms with van der Waals surface area (Å²) in [6.45, 7) is 7.03. The van der Waals surface area contributed by atoms with Crippen molar-refractivity contribution < 1.29 is 9.21 Å². The van der Waals surface area contributed by atoms with Gasteiger partial charge in [-0.1, -0.05) is 0 Å². The van der Waals surface area contributed by atoms with E-state index in [1.54, 1.807) is 12.3 Å². The second-order valence-corrected chi connectivity index (χ2v) is 8.96. The van der Waals surface area contributed by atoms with Gasteiger partial charge in [0.25, 0.3) is 11.5 Å². The van der Waals surface area contributed by atoms with Gasteiger partial charge < -0.3 is 19.2 Å². The number of pyridine rings is 1. The van der Waals surface area contributed by atoms with Crippen molar-refractivity contribution in [3.63, 3.8) is 0 Å². The summed E-state index contributed by atoms with van der Waals surface area (Å²) in [5.74, 6) is 1.49. The first kappa shape index (κ1) is 19.6. The molecule has 0 radical (unpaired) electrons. The number of rotatable bonds is 6. The summed E-state index contributed by atoms with van der Waals surface area (Å²) < 4.78 is 7.37. The minimum Gasteiger partial charge on any atom is -0.468 e. The molecule has 5 rings (SSSR count). The molecular weight excluding hydrogens is 380 g/mol. The first-order valence-corrected chi connectivity index (χ1v) is 11.2. The van der Waals surface area contributed by atoms with Crippen LogP contribution in [0.2, 0.25) is 0 Å². The maximum atomic E-state index is 13.1. The van der Waals surface area contributed by atoms with Crippen molar-refractivity contribution in [2.24, 2.45) is 5.92 Å². The number of piperidine rings is 1. The van der Waals surface area contributed by atoms with Crippen molar-refractivity contribution in [3.05, 3.63) is 57.9 Å². The highest BCUT2D eigenvalue weighted by molar-refractivity contribution is 5.93. The maximum absolute atomic E-state index is 13.1. The van der Waals surface area contributed by atoms with Crippen LogP contribution in [0.1, 0.15) is 47.0 Å². The van der Waals surface area contributed by atoms with E-state index in [0.717, 1.165) is 57.1 Å². The molecule has 2 aromatic heterocycles. The van der Waals surface area contributed by atoms with Crippen LogP contribution < -0.4 is 10.9 Å². The molecule has 7 nitrogen and oxygen atoms in total. The largest absolute Gasteiger partial charge is 0.468 e. The van der Waals surface area contributed by atoms with Crippen molar-refractivity contribution in [1.29, 1.82) is 0 Å². The van der Waals surface area contributed by atoms with E-state index < -0.39 is 0 Å². The Morgan fingerprint density at radius 3 is 2.77 bits per heavy atom. The number of carbonyl (C=O) groups is 1. The Hall–Kier alpha value is -2.38. The molecule has 0 aromatic carbocycles. The first-order chi connectivity index (χ1) is 14.7. The third-order valence-corrected chi connectivity index (χ3v) is 6.80. The Balaban J connectivity index is 1.27. The van der Waals surface area contributed by atoms with Crippen molar-refractivity contribution >= 4 is 5.91 Å². The standard InChI is InChI=1S/C23H30N4O3/c28-22(24-7-10-25-8-1-2-9-25)20-5-6-21-18-12-17(14-27(21)23(20)29)13-26(15-18)16-19-4-3-11-30-19/h3-6,11,17-18H,1-2,7-10,12-16H2,(H,24,28)/t17-,18+/m0/s1. The van der Waals surface area contributed by atoms with Gasteiger partial charge in [-0.3, -0.25) is 14.5 Å². The number of likely N-dealkylation sites (tertiary alicyclic amines) is 2. The van der Waals surface area contributed by atoms with Gasteiger partial charge in [0, 0.05) is 44.3 Å². The van der Waals surface area contributed by atoms with E-state index >= 15 is 0 Å². The topological polar surface area (TPSA) is 70.7 Å². The highest BCUT2D eigenvalue weighted by atomic mass is 16.3. The van der Waals surface area contributed by atoms with Gasteiger partial charge in [0.15, 0.2) is 0 Å². The van der Waals surface area contributed by atoms with E-state index in [2.05, 4.69) is 15.1 Å². The van der Waals surface area contributed by atoms with Crippen molar-refractivity contribution in [1.82, 2.24) is 19.7 Å². The number of amides is 1. The third-order valence-electron chi connectivity index (χ3n) is 6.80. The van der Waals surface area contributed by atoms with Crippen LogP contribution in [-0.4, -0.2) is 59.5 Å². The second-order valence-electron chi connectivity index (χ2n) is 8.96. The molecule has 1 amide bonds. The zero-order valence-corrected chi connectivity index (χ0v) is 17.4. The number of fused-ring (bicyclic) bond motifs is 4. The van der Waals surface area contributed by atoms with Gasteiger partial charge >= 0.3 is 0 Å². The predicted molar refractivity (Wildman–Crippen MR) is 114 cm³/mol. The highest BCUT2D eigenvalue weighted by Crippen LogP contribution is 2.35. The van der Waals surface area contributed by atoms with Crippen LogP contribution in [0.25, 0.3) is 0 Å². The molecule has 2 atom stereocenters. The highest BCUT2D eigenvalue weighted by Gasteiger charge is 2.35. The SMILES string of the molecule is O=C(NCCN1CCCC1)c1ccc2n(c1=O)C[C@H]1C[C@@H]2CN(Cc2ccco2)C1. The molecule has 2 saturated heterocycles. The molecule has 2 bridgehead atoms. The van der Waals surface area contributed by atoms with Crippen LogP contribution in [-0.2, 0) is 13.1 Å². The van der Waals surface area contributed by atoms with Gasteiger partial charge in [-0.05, 0) is 62.5 Å². The molecule has 0 unspecified atom stereocenters. The summed E-state index contributed by atoms with van der Waals surface area (Å²) in [5, 5.41) is 2.94. The summed E-state index contributed by atoms with van der Waals surface area (Å²) in [5.41, 5.74) is 1.20. The van der Waals surface area contributed by atoms with Crippen molar-refractivity contribution in [2.75, 3.05) is 39.3 Å². The number of aromatic nitrogens is 1. The molecule has 0 aliphatic carbocycles. The van der Waals surface area contributed by atoms with Crippen LogP contribution >= 0.6 is 0 Å². The number of hydrogen-bond acceptors (Lipinski definition) is 5. The molecule has 2 fully saturated rings. The zero-order valence-electron chi connectivity index (χ0n) is 17.4. The predicted octanol–water partition coefficient (Wildman–Crippen LogP) is 1.89. The second kappa shape index (κ2) is 8.40.